The summed E-state index contributed by atoms with van der Waals surface area (Å²) in [6.07, 6.45) is 3.97. The molecule has 292 valence electrons. The van der Waals surface area contributed by atoms with Crippen molar-refractivity contribution in [2.75, 3.05) is 37.7 Å². The lowest BCUT2D eigenvalue weighted by molar-refractivity contribution is -0.161. The van der Waals surface area contributed by atoms with Crippen LogP contribution in [0.2, 0.25) is 5.02 Å². The number of phenolic OH excluding ortho intramolecular Hbond substituents is 2. The van der Waals surface area contributed by atoms with E-state index in [1.807, 2.05) is 0 Å². The summed E-state index contributed by atoms with van der Waals surface area (Å²) in [5, 5.41) is 46.5. The Hall–Kier alpha value is -4.59. The number of carbonyl (C=O) groups is 5. The summed E-state index contributed by atoms with van der Waals surface area (Å²) < 4.78 is 0. The fourth-order valence-corrected chi connectivity index (χ4v) is 8.46. The van der Waals surface area contributed by atoms with Crippen molar-refractivity contribution in [2.24, 2.45) is 5.16 Å². The van der Waals surface area contributed by atoms with Gasteiger partial charge < -0.3 is 41.2 Å². The number of halogens is 1. The third-order valence-corrected chi connectivity index (χ3v) is 11.8. The second-order valence-electron chi connectivity index (χ2n) is 13.5. The lowest BCUT2D eigenvalue weighted by atomic mass is 9.99. The van der Waals surface area contributed by atoms with Crippen molar-refractivity contribution in [1.82, 2.24) is 25.0 Å². The zero-order valence-electron chi connectivity index (χ0n) is 29.8. The standard InChI is InChI=1S/C34H42ClN7O10S2/c1-4-5-6-11-41(18-9-12-40(13-10-18)28(46)19-7-8-21(43)26(44)22(19)35)14-17-15-53-30-24(29(47)42(30)25(17)31(48)49)38-27(45)23(20-16-54-33(36)37-20)39-52-34(2,3)32(50)51/h7-8,16,18,24,30,43-44H,4-6,9-15H2,1-3H3,(H2,36,37)(H,38,45)(H,48,49)(H,50,51)/b39-23-/t24-,30-/m1/s1. The third-order valence-electron chi connectivity index (χ3n) is 9.43. The molecule has 0 spiro atoms. The maximum atomic E-state index is 13.6. The largest absolute Gasteiger partial charge is 0.504 e. The summed E-state index contributed by atoms with van der Waals surface area (Å²) in [5.74, 6) is -5.22. The number of nitrogens with one attached hydrogen (secondary N) is 1. The summed E-state index contributed by atoms with van der Waals surface area (Å²) >= 11 is 8.48. The van der Waals surface area contributed by atoms with E-state index in [1.165, 1.54) is 48.0 Å². The Morgan fingerprint density at radius 2 is 1.87 bits per heavy atom. The van der Waals surface area contributed by atoms with Crippen LogP contribution in [0.5, 0.6) is 11.5 Å². The van der Waals surface area contributed by atoms with Gasteiger partial charge in [-0.1, -0.05) is 36.5 Å². The molecule has 0 aliphatic carbocycles. The van der Waals surface area contributed by atoms with Crippen LogP contribution >= 0.6 is 34.7 Å². The smallest absolute Gasteiger partial charge is 0.352 e. The summed E-state index contributed by atoms with van der Waals surface area (Å²) in [4.78, 5) is 78.8. The number of carboxylic acids is 2. The molecule has 3 aliphatic heterocycles. The molecule has 4 heterocycles. The van der Waals surface area contributed by atoms with Crippen molar-refractivity contribution < 1.29 is 49.2 Å². The first-order chi connectivity index (χ1) is 25.5. The fourth-order valence-electron chi connectivity index (χ4n) is 6.34. The highest BCUT2D eigenvalue weighted by atomic mass is 35.5. The number of thiazole rings is 1. The molecule has 7 N–H and O–H groups in total. The van der Waals surface area contributed by atoms with Crippen LogP contribution in [0.15, 0.2) is 33.9 Å². The van der Waals surface area contributed by atoms with Crippen molar-refractivity contribution >= 4 is 75.2 Å². The highest BCUT2D eigenvalue weighted by Gasteiger charge is 2.54. The Labute approximate surface area is 323 Å². The zero-order valence-corrected chi connectivity index (χ0v) is 32.2. The molecule has 3 aliphatic rings. The number of aliphatic carboxylic acids is 2. The highest BCUT2D eigenvalue weighted by molar-refractivity contribution is 8.00. The van der Waals surface area contributed by atoms with Crippen LogP contribution < -0.4 is 11.1 Å². The van der Waals surface area contributed by atoms with Crippen LogP contribution in [0, 0.1) is 0 Å². The van der Waals surface area contributed by atoms with Crippen LogP contribution in [0.1, 0.15) is 68.9 Å². The number of anilines is 1. The van der Waals surface area contributed by atoms with Crippen LogP contribution in [0.3, 0.4) is 0 Å². The number of unbranched alkanes of at least 4 members (excludes halogenated alkanes) is 2. The molecule has 0 unspecified atom stereocenters. The van der Waals surface area contributed by atoms with Crippen molar-refractivity contribution in [3.63, 3.8) is 0 Å². The average molecular weight is 808 g/mol. The third kappa shape index (κ3) is 8.53. The number of aromatic nitrogens is 1. The lowest BCUT2D eigenvalue weighted by Crippen LogP contribution is -2.71. The van der Waals surface area contributed by atoms with Gasteiger partial charge in [0.05, 0.1) is 10.6 Å². The Balaban J connectivity index is 1.30. The molecule has 54 heavy (non-hydrogen) atoms. The number of nitrogen functional groups attached to an aromatic ring is 1. The van der Waals surface area contributed by atoms with E-state index in [9.17, 15) is 44.4 Å². The number of thioether (sulfide) groups is 1. The van der Waals surface area contributed by atoms with Crippen LogP contribution in [0.25, 0.3) is 0 Å². The molecule has 0 radical (unpaired) electrons. The Kier molecular flexibility index (Phi) is 12.7. The van der Waals surface area contributed by atoms with Crippen molar-refractivity contribution in [3.05, 3.63) is 45.1 Å². The fraction of sp³-hybridized carbons (Fsp3) is 0.500. The van der Waals surface area contributed by atoms with Crippen molar-refractivity contribution in [2.45, 2.75) is 75.9 Å². The Morgan fingerprint density at radius 3 is 2.48 bits per heavy atom. The number of amides is 3. The van der Waals surface area contributed by atoms with Crippen molar-refractivity contribution in [1.29, 1.82) is 0 Å². The van der Waals surface area contributed by atoms with Gasteiger partial charge in [0.1, 0.15) is 22.8 Å². The van der Waals surface area contributed by atoms with Gasteiger partial charge in [-0.3, -0.25) is 24.2 Å². The lowest BCUT2D eigenvalue weighted by Gasteiger charge is -2.50. The molecule has 5 rings (SSSR count). The molecule has 2 saturated heterocycles. The molecular weight excluding hydrogens is 766 g/mol. The first kappa shape index (κ1) is 40.6. The minimum absolute atomic E-state index is 0.00442. The number of carboxylic acid groups (broad SMARTS) is 2. The van der Waals surface area contributed by atoms with E-state index >= 15 is 0 Å². The molecule has 0 saturated carbocycles. The van der Waals surface area contributed by atoms with Gasteiger partial charge in [0.2, 0.25) is 5.60 Å². The number of phenols is 2. The molecule has 2 atom stereocenters. The molecular formula is C34H42ClN7O10S2. The maximum Gasteiger partial charge on any atom is 0.352 e. The first-order valence-corrected chi connectivity index (χ1v) is 19.5. The number of hydrogen-bond acceptors (Lipinski definition) is 14. The SMILES string of the molecule is CCCCCN(CC1=C(C(=O)O)N2C(=O)[C@@H](NC(=O)/C(=N\OC(C)(C)C(=O)O)c3csc(N)n3)[C@H]2SC1)C1CCN(C(=O)c2ccc(O)c(O)c2Cl)CC1. The van der Waals surface area contributed by atoms with E-state index < -0.39 is 58.0 Å². The van der Waals surface area contributed by atoms with Crippen molar-refractivity contribution in [3.8, 4) is 11.5 Å². The highest BCUT2D eigenvalue weighted by Crippen LogP contribution is 2.41. The predicted octanol–water partition coefficient (Wildman–Crippen LogP) is 2.91. The second-order valence-corrected chi connectivity index (χ2v) is 15.9. The van der Waals surface area contributed by atoms with Gasteiger partial charge in [-0.05, 0) is 57.4 Å². The molecule has 20 heteroatoms. The maximum absolute atomic E-state index is 13.6. The first-order valence-electron chi connectivity index (χ1n) is 17.2. The summed E-state index contributed by atoms with van der Waals surface area (Å²) in [6.45, 7) is 6.29. The van der Waals surface area contributed by atoms with E-state index in [0.29, 0.717) is 38.0 Å². The molecule has 1 aromatic carbocycles. The number of aromatic hydroxyl groups is 2. The van der Waals surface area contributed by atoms with E-state index in [1.54, 1.807) is 4.90 Å². The van der Waals surface area contributed by atoms with E-state index in [0.717, 1.165) is 30.6 Å². The van der Waals surface area contributed by atoms with Crippen LogP contribution in [0.4, 0.5) is 5.13 Å². The number of rotatable bonds is 15. The molecule has 2 fully saturated rings. The number of nitrogens with zero attached hydrogens (tertiary/aromatic N) is 5. The van der Waals surface area contributed by atoms with E-state index in [2.05, 4.69) is 27.3 Å². The monoisotopic (exact) mass is 807 g/mol. The number of carbonyl (C=O) groups excluding carboxylic acids is 3. The molecule has 3 amide bonds. The van der Waals surface area contributed by atoms with Gasteiger partial charge in [-0.15, -0.1) is 23.1 Å². The topological polar surface area (TPSA) is 249 Å². The zero-order chi connectivity index (χ0) is 39.5. The number of fused-ring (bicyclic) bond motifs is 1. The van der Waals surface area contributed by atoms with Gasteiger partial charge in [0.25, 0.3) is 17.7 Å². The Morgan fingerprint density at radius 1 is 1.17 bits per heavy atom. The number of nitrogens with two attached hydrogens (primary N) is 1. The van der Waals surface area contributed by atoms with Gasteiger partial charge in [0, 0.05) is 36.8 Å². The molecule has 2 aromatic rings. The number of hydrogen-bond donors (Lipinski definition) is 6. The molecule has 0 bridgehead atoms. The molecule has 1 aromatic heterocycles. The van der Waals surface area contributed by atoms with E-state index in [-0.39, 0.29) is 51.4 Å². The van der Waals surface area contributed by atoms with Gasteiger partial charge in [-0.2, -0.15) is 0 Å². The number of likely N-dealkylation sites (tertiary alicyclic amines) is 1. The average Bonchev–Trinajstić information content (AvgIpc) is 3.57. The quantitative estimate of drug-likeness (QED) is 0.0498. The Bertz CT molecular complexity index is 1880. The number of β-lactam (4-membered cyclic amide) rings is 1. The van der Waals surface area contributed by atoms with Crippen LogP contribution in [-0.4, -0.2) is 130 Å². The summed E-state index contributed by atoms with van der Waals surface area (Å²) in [7, 11) is 0. The number of benzene rings is 1. The second kappa shape index (κ2) is 16.8. The summed E-state index contributed by atoms with van der Waals surface area (Å²) in [6, 6.07) is 1.47. The minimum atomic E-state index is -1.79. The van der Waals surface area contributed by atoms with Gasteiger partial charge in [0.15, 0.2) is 22.3 Å². The van der Waals surface area contributed by atoms with Crippen LogP contribution in [-0.2, 0) is 24.0 Å². The minimum Gasteiger partial charge on any atom is -0.504 e. The van der Waals surface area contributed by atoms with E-state index in [4.69, 9.17) is 22.2 Å². The normalized spacial score (nSPS) is 19.4. The number of oxime groups is 1. The van der Waals surface area contributed by atoms with Gasteiger partial charge >= 0.3 is 11.9 Å². The number of piperidine rings is 1. The predicted molar refractivity (Wildman–Crippen MR) is 200 cm³/mol. The van der Waals surface area contributed by atoms with Gasteiger partial charge in [-0.25, -0.2) is 14.6 Å². The molecule has 17 nitrogen and oxygen atoms in total. The summed E-state index contributed by atoms with van der Waals surface area (Å²) in [5.41, 5.74) is 4.04.